The Labute approximate surface area is 113 Å². The second-order valence-corrected chi connectivity index (χ2v) is 4.96. The first-order valence-electron chi connectivity index (χ1n) is 5.61. The minimum Gasteiger partial charge on any atom is -0.508 e. The van der Waals surface area contributed by atoms with Crippen molar-refractivity contribution in [2.45, 2.75) is 19.3 Å². The quantitative estimate of drug-likeness (QED) is 0.784. The molecule has 0 saturated heterocycles. The van der Waals surface area contributed by atoms with Crippen LogP contribution in [0.4, 0.5) is 0 Å². The van der Waals surface area contributed by atoms with Gasteiger partial charge in [-0.1, -0.05) is 32.0 Å². The van der Waals surface area contributed by atoms with E-state index >= 15 is 0 Å². The van der Waals surface area contributed by atoms with E-state index in [1.807, 2.05) is 32.0 Å². The van der Waals surface area contributed by atoms with Gasteiger partial charge in [0.25, 0.3) is 0 Å². The summed E-state index contributed by atoms with van der Waals surface area (Å²) in [6, 6.07) is 8.74. The van der Waals surface area contributed by atoms with Gasteiger partial charge in [0.05, 0.1) is 0 Å². The Morgan fingerprint density at radius 1 is 1.17 bits per heavy atom. The van der Waals surface area contributed by atoms with E-state index in [0.29, 0.717) is 6.54 Å². The second kappa shape index (κ2) is 5.04. The third-order valence-corrected chi connectivity index (χ3v) is 3.18. The van der Waals surface area contributed by atoms with Crippen LogP contribution >= 0.6 is 12.4 Å². The molecule has 0 amide bonds. The molecule has 2 rings (SSSR count). The van der Waals surface area contributed by atoms with Crippen LogP contribution < -0.4 is 5.73 Å². The number of benzene rings is 2. The standard InChI is InChI=1S/C14H17NO2.ClH/c1-14(2,8-15)11-5-3-4-9-6-10(16)7-12(17)13(9)11;/h3-7,16-17H,8,15H2,1-2H3;1H. The Morgan fingerprint density at radius 3 is 2.44 bits per heavy atom. The van der Waals surface area contributed by atoms with E-state index in [4.69, 9.17) is 5.73 Å². The van der Waals surface area contributed by atoms with E-state index in [-0.39, 0.29) is 29.3 Å². The van der Waals surface area contributed by atoms with Crippen molar-refractivity contribution < 1.29 is 10.2 Å². The number of aromatic hydroxyl groups is 2. The molecule has 0 aliphatic rings. The highest BCUT2D eigenvalue weighted by Crippen LogP contribution is 2.37. The van der Waals surface area contributed by atoms with Gasteiger partial charge in [-0.2, -0.15) is 0 Å². The summed E-state index contributed by atoms with van der Waals surface area (Å²) in [7, 11) is 0. The van der Waals surface area contributed by atoms with E-state index in [1.165, 1.54) is 6.07 Å². The molecule has 0 radical (unpaired) electrons. The molecule has 2 aromatic carbocycles. The largest absolute Gasteiger partial charge is 0.508 e. The molecule has 18 heavy (non-hydrogen) atoms. The molecule has 2 aromatic rings. The fourth-order valence-electron chi connectivity index (χ4n) is 2.06. The van der Waals surface area contributed by atoms with Crippen LogP contribution in [0.25, 0.3) is 10.8 Å². The Balaban J connectivity index is 0.00000162. The number of phenols is 2. The molecule has 0 aliphatic heterocycles. The van der Waals surface area contributed by atoms with E-state index in [2.05, 4.69) is 0 Å². The third-order valence-electron chi connectivity index (χ3n) is 3.18. The lowest BCUT2D eigenvalue weighted by Crippen LogP contribution is -2.28. The van der Waals surface area contributed by atoms with Gasteiger partial charge in [0.15, 0.2) is 0 Å². The number of hydrogen-bond donors (Lipinski definition) is 3. The summed E-state index contributed by atoms with van der Waals surface area (Å²) in [4.78, 5) is 0. The number of phenolic OH excluding ortho intramolecular Hbond substituents is 2. The van der Waals surface area contributed by atoms with Gasteiger partial charge in [0.2, 0.25) is 0 Å². The molecule has 0 atom stereocenters. The van der Waals surface area contributed by atoms with Gasteiger partial charge in [-0.25, -0.2) is 0 Å². The van der Waals surface area contributed by atoms with Gasteiger partial charge < -0.3 is 15.9 Å². The van der Waals surface area contributed by atoms with Gasteiger partial charge >= 0.3 is 0 Å². The minimum atomic E-state index is -0.214. The van der Waals surface area contributed by atoms with Crippen molar-refractivity contribution in [2.24, 2.45) is 5.73 Å². The molecular formula is C14H18ClNO2. The molecule has 4 heteroatoms. The first kappa shape index (κ1) is 14.6. The smallest absolute Gasteiger partial charge is 0.127 e. The molecule has 98 valence electrons. The zero-order valence-electron chi connectivity index (χ0n) is 10.5. The van der Waals surface area contributed by atoms with Crippen molar-refractivity contribution in [3.05, 3.63) is 35.9 Å². The average Bonchev–Trinajstić information content (AvgIpc) is 2.27. The van der Waals surface area contributed by atoms with E-state index in [0.717, 1.165) is 16.3 Å². The average molecular weight is 268 g/mol. The Kier molecular flexibility index (Phi) is 4.09. The number of fused-ring (bicyclic) bond motifs is 1. The molecular weight excluding hydrogens is 250 g/mol. The first-order valence-corrected chi connectivity index (χ1v) is 5.61. The highest BCUT2D eigenvalue weighted by Gasteiger charge is 2.22. The molecule has 0 fully saturated rings. The van der Waals surface area contributed by atoms with Gasteiger partial charge in [-0.3, -0.25) is 0 Å². The van der Waals surface area contributed by atoms with Gasteiger partial charge in [0.1, 0.15) is 11.5 Å². The molecule has 3 nitrogen and oxygen atoms in total. The van der Waals surface area contributed by atoms with Crippen LogP contribution in [0.1, 0.15) is 19.4 Å². The van der Waals surface area contributed by atoms with Gasteiger partial charge in [-0.15, -0.1) is 12.4 Å². The van der Waals surface area contributed by atoms with E-state index < -0.39 is 0 Å². The van der Waals surface area contributed by atoms with Crippen LogP contribution in [0.15, 0.2) is 30.3 Å². The van der Waals surface area contributed by atoms with Crippen LogP contribution in [-0.2, 0) is 5.41 Å². The fraction of sp³-hybridized carbons (Fsp3) is 0.286. The van der Waals surface area contributed by atoms with Crippen molar-refractivity contribution >= 4 is 23.2 Å². The van der Waals surface area contributed by atoms with Crippen LogP contribution in [0.2, 0.25) is 0 Å². The number of nitrogens with two attached hydrogens (primary N) is 1. The minimum absolute atomic E-state index is 0. The van der Waals surface area contributed by atoms with Crippen LogP contribution in [-0.4, -0.2) is 16.8 Å². The monoisotopic (exact) mass is 267 g/mol. The van der Waals surface area contributed by atoms with Crippen molar-refractivity contribution in [1.29, 1.82) is 0 Å². The Morgan fingerprint density at radius 2 is 1.83 bits per heavy atom. The molecule has 0 aromatic heterocycles. The summed E-state index contributed by atoms with van der Waals surface area (Å²) in [5, 5.41) is 21.1. The zero-order valence-corrected chi connectivity index (χ0v) is 11.3. The maximum atomic E-state index is 9.99. The van der Waals surface area contributed by atoms with E-state index in [1.54, 1.807) is 6.07 Å². The lowest BCUT2D eigenvalue weighted by Gasteiger charge is -2.25. The highest BCUT2D eigenvalue weighted by molar-refractivity contribution is 5.93. The van der Waals surface area contributed by atoms with Crippen molar-refractivity contribution in [3.8, 4) is 11.5 Å². The topological polar surface area (TPSA) is 66.5 Å². The number of rotatable bonds is 2. The molecule has 0 bridgehead atoms. The van der Waals surface area contributed by atoms with Gasteiger partial charge in [0, 0.05) is 23.4 Å². The second-order valence-electron chi connectivity index (χ2n) is 4.96. The van der Waals surface area contributed by atoms with Crippen molar-refractivity contribution in [2.75, 3.05) is 6.54 Å². The third kappa shape index (κ3) is 2.37. The van der Waals surface area contributed by atoms with E-state index in [9.17, 15) is 10.2 Å². The molecule has 4 N–H and O–H groups in total. The summed E-state index contributed by atoms with van der Waals surface area (Å²) >= 11 is 0. The zero-order chi connectivity index (χ0) is 12.6. The molecule has 0 spiro atoms. The Hall–Kier alpha value is -1.45. The van der Waals surface area contributed by atoms with Crippen LogP contribution in [0, 0.1) is 0 Å². The number of halogens is 1. The number of hydrogen-bond acceptors (Lipinski definition) is 3. The first-order chi connectivity index (χ1) is 7.95. The maximum Gasteiger partial charge on any atom is 0.127 e. The predicted molar refractivity (Wildman–Crippen MR) is 76.6 cm³/mol. The lowest BCUT2D eigenvalue weighted by molar-refractivity contribution is 0.453. The van der Waals surface area contributed by atoms with Crippen LogP contribution in [0.3, 0.4) is 0 Å². The summed E-state index contributed by atoms with van der Waals surface area (Å²) in [5.41, 5.74) is 6.56. The fourth-order valence-corrected chi connectivity index (χ4v) is 2.06. The summed E-state index contributed by atoms with van der Waals surface area (Å²) < 4.78 is 0. The SMILES string of the molecule is CC(C)(CN)c1cccc2cc(O)cc(O)c12.Cl. The normalized spacial score (nSPS) is 11.3. The summed E-state index contributed by atoms with van der Waals surface area (Å²) in [5.74, 6) is 0.162. The van der Waals surface area contributed by atoms with Gasteiger partial charge in [-0.05, 0) is 17.0 Å². The Bertz CT molecular complexity index is 567. The maximum absolute atomic E-state index is 9.99. The predicted octanol–water partition coefficient (Wildman–Crippen LogP) is 2.91. The molecule has 0 unspecified atom stereocenters. The molecule has 0 heterocycles. The van der Waals surface area contributed by atoms with Crippen LogP contribution in [0.5, 0.6) is 11.5 Å². The highest BCUT2D eigenvalue weighted by atomic mass is 35.5. The lowest BCUT2D eigenvalue weighted by atomic mass is 9.81. The molecule has 0 saturated carbocycles. The molecule has 0 aliphatic carbocycles. The van der Waals surface area contributed by atoms with Crippen molar-refractivity contribution in [1.82, 2.24) is 0 Å². The summed E-state index contributed by atoms with van der Waals surface area (Å²) in [6.45, 7) is 4.56. The van der Waals surface area contributed by atoms with Crippen molar-refractivity contribution in [3.63, 3.8) is 0 Å². The summed E-state index contributed by atoms with van der Waals surface area (Å²) in [6.07, 6.45) is 0.